The van der Waals surface area contributed by atoms with Gasteiger partial charge in [-0.3, -0.25) is 0 Å². The first-order valence-electron chi connectivity index (χ1n) is 12.6. The Balaban J connectivity index is 0.000000347. The van der Waals surface area contributed by atoms with Crippen molar-refractivity contribution in [1.82, 2.24) is 0 Å². The topological polar surface area (TPSA) is 103 Å². The predicted molar refractivity (Wildman–Crippen MR) is 163 cm³/mol. The normalized spacial score (nSPS) is 9.38. The highest BCUT2D eigenvalue weighted by molar-refractivity contribution is 9.10. The van der Waals surface area contributed by atoms with E-state index in [1.165, 1.54) is 0 Å². The summed E-state index contributed by atoms with van der Waals surface area (Å²) in [7, 11) is 3.11. The van der Waals surface area contributed by atoms with E-state index in [2.05, 4.69) is 48.7 Å². The molecule has 3 aromatic carbocycles. The van der Waals surface area contributed by atoms with Gasteiger partial charge >= 0.3 is 0 Å². The number of hydrogen-bond acceptors (Lipinski definition) is 5. The van der Waals surface area contributed by atoms with Crippen molar-refractivity contribution in [2.75, 3.05) is 14.2 Å². The molecule has 3 aromatic rings. The highest BCUT2D eigenvalue weighted by Crippen LogP contribution is 2.38. The highest BCUT2D eigenvalue weighted by Gasteiger charge is 2.22. The smallest absolute Gasteiger partial charge is 0.241 e. The quantitative estimate of drug-likeness (QED) is 0.230. The summed E-state index contributed by atoms with van der Waals surface area (Å²) in [4.78, 5) is 10.4. The number of aryl methyl sites for hydroxylation is 1. The van der Waals surface area contributed by atoms with Crippen molar-refractivity contribution in [2.24, 2.45) is 0 Å². The Labute approximate surface area is 255 Å². The predicted octanol–water partition coefficient (Wildman–Crippen LogP) is 7.58. The molecule has 0 bridgehead atoms. The standard InChI is InChI=1S/C22H18N4O.C11H9BrN2O/c1-15-9-18(13-25-2)22(19(10-15)14-26-3)21-16(5-7-23)11-20(27-4)12-17(21)6-8-24;1-14-7-9-6-10(15-2)5-8(3-4-13)11(9)12/h9-12H,5-6,13-14H2,1,4H3;5-6H,3,7H2,2H3. The monoisotopic (exact) mass is 618 g/mol. The molecule has 0 aliphatic heterocycles. The zero-order chi connectivity index (χ0) is 31.1. The van der Waals surface area contributed by atoms with E-state index >= 15 is 0 Å². The molecule has 0 fully saturated rings. The minimum atomic E-state index is 0.147. The van der Waals surface area contributed by atoms with E-state index in [4.69, 9.17) is 34.5 Å². The van der Waals surface area contributed by atoms with Gasteiger partial charge < -0.3 is 24.0 Å². The van der Waals surface area contributed by atoms with Crippen LogP contribution in [0.25, 0.3) is 25.7 Å². The molecule has 42 heavy (non-hydrogen) atoms. The van der Waals surface area contributed by atoms with Crippen LogP contribution in [0, 0.1) is 60.6 Å². The van der Waals surface area contributed by atoms with Crippen LogP contribution in [0.3, 0.4) is 0 Å². The zero-order valence-corrected chi connectivity index (χ0v) is 25.2. The van der Waals surface area contributed by atoms with E-state index < -0.39 is 0 Å². The number of ether oxygens (including phenoxy) is 2. The minimum absolute atomic E-state index is 0.147. The molecule has 208 valence electrons. The van der Waals surface area contributed by atoms with Crippen LogP contribution in [-0.2, 0) is 38.9 Å². The maximum Gasteiger partial charge on any atom is 0.241 e. The fourth-order valence-electron chi connectivity index (χ4n) is 4.56. The van der Waals surface area contributed by atoms with Crippen molar-refractivity contribution in [3.05, 3.63) is 114 Å². The van der Waals surface area contributed by atoms with Gasteiger partial charge in [-0.05, 0) is 87.1 Å². The van der Waals surface area contributed by atoms with Crippen molar-refractivity contribution < 1.29 is 9.47 Å². The Morgan fingerprint density at radius 2 is 0.976 bits per heavy atom. The van der Waals surface area contributed by atoms with Crippen LogP contribution in [0.1, 0.15) is 38.9 Å². The van der Waals surface area contributed by atoms with Gasteiger partial charge in [0.1, 0.15) is 11.5 Å². The molecular weight excluding hydrogens is 592 g/mol. The van der Waals surface area contributed by atoms with Crippen molar-refractivity contribution >= 4 is 15.9 Å². The Morgan fingerprint density at radius 3 is 1.38 bits per heavy atom. The molecule has 9 heteroatoms. The Bertz CT molecular complexity index is 1590. The van der Waals surface area contributed by atoms with Crippen LogP contribution in [0.15, 0.2) is 40.9 Å². The number of hydrogen-bond donors (Lipinski definition) is 0. The number of rotatable bonds is 9. The number of nitriles is 3. The molecule has 8 nitrogen and oxygen atoms in total. The summed E-state index contributed by atoms with van der Waals surface area (Å²) in [5.74, 6) is 1.27. The first-order chi connectivity index (χ1) is 20.3. The SMILES string of the molecule is [C-]#[N+]Cc1cc(C)cc(C[N+]#[C-])c1-c1c(CC#N)cc(OC)cc1CC#N.[C-]#[N+]Cc1cc(OC)cc(CC#N)c1Br. The van der Waals surface area contributed by atoms with Crippen molar-refractivity contribution in [1.29, 1.82) is 15.8 Å². The first-order valence-corrected chi connectivity index (χ1v) is 13.4. The van der Waals surface area contributed by atoms with Gasteiger partial charge in [0.15, 0.2) is 0 Å². The van der Waals surface area contributed by atoms with Gasteiger partial charge in [-0.15, -0.1) is 0 Å². The largest absolute Gasteiger partial charge is 0.497 e. The van der Waals surface area contributed by atoms with E-state index in [0.29, 0.717) is 17.9 Å². The van der Waals surface area contributed by atoms with Gasteiger partial charge in [-0.25, -0.2) is 19.7 Å². The summed E-state index contributed by atoms with van der Waals surface area (Å²) in [6.07, 6.45) is 0.601. The lowest BCUT2D eigenvalue weighted by molar-refractivity contribution is 0.413. The van der Waals surface area contributed by atoms with E-state index in [9.17, 15) is 10.5 Å². The number of benzene rings is 3. The molecule has 3 rings (SSSR count). The van der Waals surface area contributed by atoms with Crippen molar-refractivity contribution in [2.45, 2.75) is 45.8 Å². The van der Waals surface area contributed by atoms with Gasteiger partial charge in [0, 0.05) is 26.7 Å². The molecule has 0 amide bonds. The molecule has 0 heterocycles. The van der Waals surface area contributed by atoms with Crippen LogP contribution in [-0.4, -0.2) is 14.2 Å². The maximum atomic E-state index is 9.31. The molecule has 0 aliphatic rings. The summed E-state index contributed by atoms with van der Waals surface area (Å²) < 4.78 is 11.3. The molecule has 0 spiro atoms. The van der Waals surface area contributed by atoms with E-state index in [1.54, 1.807) is 32.4 Å². The lowest BCUT2D eigenvalue weighted by Gasteiger charge is -2.18. The lowest BCUT2D eigenvalue weighted by atomic mass is 9.85. The van der Waals surface area contributed by atoms with Crippen LogP contribution in [0.5, 0.6) is 11.5 Å². The molecule has 0 atom stereocenters. The van der Waals surface area contributed by atoms with Crippen molar-refractivity contribution in [3.8, 4) is 40.8 Å². The molecule has 0 radical (unpaired) electrons. The second kappa shape index (κ2) is 16.7. The molecule has 0 saturated carbocycles. The second-order valence-electron chi connectivity index (χ2n) is 8.99. The third kappa shape index (κ3) is 8.34. The zero-order valence-electron chi connectivity index (χ0n) is 23.6. The molecule has 0 aromatic heterocycles. The number of methoxy groups -OCH3 is 2. The highest BCUT2D eigenvalue weighted by atomic mass is 79.9. The summed E-state index contributed by atoms with van der Waals surface area (Å²) in [6.45, 7) is 24.0. The Morgan fingerprint density at radius 1 is 0.619 bits per heavy atom. The maximum absolute atomic E-state index is 9.31. The van der Waals surface area contributed by atoms with E-state index in [-0.39, 0.29) is 32.5 Å². The van der Waals surface area contributed by atoms with Gasteiger partial charge in [-0.2, -0.15) is 15.8 Å². The minimum Gasteiger partial charge on any atom is -0.497 e. The first kappa shape index (κ1) is 32.9. The Hall–Kier alpha value is -5.32. The number of halogens is 1. The summed E-state index contributed by atoms with van der Waals surface area (Å²) in [6, 6.07) is 17.5. The third-order valence-corrected chi connectivity index (χ3v) is 7.21. The molecular formula is C33H27BrN6O2. The van der Waals surface area contributed by atoms with Crippen LogP contribution in [0.2, 0.25) is 0 Å². The van der Waals surface area contributed by atoms with Crippen molar-refractivity contribution in [3.63, 3.8) is 0 Å². The van der Waals surface area contributed by atoms with Crippen LogP contribution in [0.4, 0.5) is 0 Å². The average Bonchev–Trinajstić information content (AvgIpc) is 2.97. The molecule has 0 aliphatic carbocycles. The van der Waals surface area contributed by atoms with Crippen LogP contribution < -0.4 is 9.47 Å². The van der Waals surface area contributed by atoms with Gasteiger partial charge in [0.25, 0.3) is 0 Å². The second-order valence-corrected chi connectivity index (χ2v) is 9.78. The lowest BCUT2D eigenvalue weighted by Crippen LogP contribution is -2.03. The van der Waals surface area contributed by atoms with E-state index in [0.717, 1.165) is 54.5 Å². The third-order valence-electron chi connectivity index (χ3n) is 6.20. The van der Waals surface area contributed by atoms with E-state index in [1.807, 2.05) is 25.1 Å². The molecule has 0 unspecified atom stereocenters. The fourth-order valence-corrected chi connectivity index (χ4v) is 5.05. The fraction of sp³-hybridized carbons (Fsp3) is 0.273. The van der Waals surface area contributed by atoms with Crippen LogP contribution >= 0.6 is 15.9 Å². The van der Waals surface area contributed by atoms with Gasteiger partial charge in [-0.1, -0.05) is 0 Å². The summed E-state index contributed by atoms with van der Waals surface area (Å²) in [5.41, 5.74) is 7.37. The van der Waals surface area contributed by atoms with Gasteiger partial charge in [0.05, 0.1) is 51.7 Å². The molecule has 0 N–H and O–H groups in total. The average molecular weight is 620 g/mol. The Kier molecular flexibility index (Phi) is 13.1. The summed E-state index contributed by atoms with van der Waals surface area (Å²) in [5, 5.41) is 27.3. The molecule has 0 saturated heterocycles. The summed E-state index contributed by atoms with van der Waals surface area (Å²) >= 11 is 3.40. The number of nitrogens with zero attached hydrogens (tertiary/aromatic N) is 6. The van der Waals surface area contributed by atoms with Gasteiger partial charge in [0.2, 0.25) is 19.6 Å².